The van der Waals surface area contributed by atoms with E-state index in [0.717, 1.165) is 45.4 Å². The monoisotopic (exact) mass is 422 g/mol. The summed E-state index contributed by atoms with van der Waals surface area (Å²) in [6.45, 7) is 3.96. The minimum absolute atomic E-state index is 0.244. The van der Waals surface area contributed by atoms with Crippen molar-refractivity contribution in [2.45, 2.75) is 19.3 Å². The largest absolute Gasteiger partial charge is 0.350 e. The van der Waals surface area contributed by atoms with Crippen molar-refractivity contribution in [2.24, 2.45) is 13.0 Å². The van der Waals surface area contributed by atoms with Crippen molar-refractivity contribution >= 4 is 22.8 Å². The van der Waals surface area contributed by atoms with Gasteiger partial charge in [0.2, 0.25) is 5.95 Å². The lowest BCUT2D eigenvalue weighted by atomic mass is 9.96. The van der Waals surface area contributed by atoms with Crippen LogP contribution in [0.2, 0.25) is 0 Å². The molecule has 8 nitrogen and oxygen atoms in total. The molecule has 31 heavy (non-hydrogen) atoms. The number of likely N-dealkylation sites (N-methyl/N-ethyl adjacent to an activating group) is 1. The number of rotatable bonds is 7. The Morgan fingerprint density at radius 1 is 1.23 bits per heavy atom. The molecule has 1 aliphatic rings. The van der Waals surface area contributed by atoms with E-state index in [9.17, 15) is 4.79 Å². The Hall–Kier alpha value is -2.97. The van der Waals surface area contributed by atoms with Crippen LogP contribution < -0.4 is 10.4 Å². The van der Waals surface area contributed by atoms with Crippen molar-refractivity contribution in [3.05, 3.63) is 54.0 Å². The maximum atomic E-state index is 11.4. The van der Waals surface area contributed by atoms with E-state index in [1.807, 2.05) is 0 Å². The first-order valence-electron chi connectivity index (χ1n) is 10.8. The number of benzene rings is 1. The number of amides is 1. The summed E-state index contributed by atoms with van der Waals surface area (Å²) < 4.78 is 2.21. The van der Waals surface area contributed by atoms with Gasteiger partial charge in [-0.1, -0.05) is 18.2 Å². The minimum Gasteiger partial charge on any atom is -0.350 e. The zero-order valence-electron chi connectivity index (χ0n) is 18.2. The normalized spacial score (nSPS) is 15.0. The van der Waals surface area contributed by atoms with Crippen molar-refractivity contribution in [1.82, 2.24) is 24.9 Å². The van der Waals surface area contributed by atoms with Crippen molar-refractivity contribution in [3.63, 3.8) is 0 Å². The number of nitrogens with zero attached hydrogens (tertiary/aromatic N) is 5. The van der Waals surface area contributed by atoms with E-state index in [1.54, 1.807) is 5.48 Å². The molecule has 0 bridgehead atoms. The first-order valence-corrected chi connectivity index (χ1v) is 10.8. The van der Waals surface area contributed by atoms with E-state index < -0.39 is 5.91 Å². The van der Waals surface area contributed by atoms with E-state index in [-0.39, 0.29) is 5.56 Å². The number of aryl methyl sites for hydroxylation is 1. The van der Waals surface area contributed by atoms with Crippen LogP contribution in [0.25, 0.3) is 10.9 Å². The quantitative estimate of drug-likeness (QED) is 0.449. The van der Waals surface area contributed by atoms with Gasteiger partial charge in [0.1, 0.15) is 0 Å². The van der Waals surface area contributed by atoms with Crippen LogP contribution in [-0.4, -0.2) is 63.8 Å². The maximum Gasteiger partial charge on any atom is 0.277 e. The van der Waals surface area contributed by atoms with Gasteiger partial charge >= 0.3 is 0 Å². The summed E-state index contributed by atoms with van der Waals surface area (Å²) >= 11 is 0. The van der Waals surface area contributed by atoms with E-state index >= 15 is 0 Å². The Labute approximate surface area is 182 Å². The van der Waals surface area contributed by atoms with Gasteiger partial charge in [-0.25, -0.2) is 15.4 Å². The average molecular weight is 423 g/mol. The average Bonchev–Trinajstić information content (AvgIpc) is 3.13. The third-order valence-electron chi connectivity index (χ3n) is 6.21. The second-order valence-corrected chi connectivity index (χ2v) is 8.44. The summed E-state index contributed by atoms with van der Waals surface area (Å²) in [5.74, 6) is 0.697. The highest BCUT2D eigenvalue weighted by Crippen LogP contribution is 2.23. The molecule has 1 saturated heterocycles. The van der Waals surface area contributed by atoms with Crippen LogP contribution in [0.1, 0.15) is 28.8 Å². The van der Waals surface area contributed by atoms with E-state index in [4.69, 9.17) is 5.21 Å². The zero-order chi connectivity index (χ0) is 21.8. The van der Waals surface area contributed by atoms with Crippen molar-refractivity contribution < 1.29 is 10.0 Å². The molecule has 3 aromatic rings. The summed E-state index contributed by atoms with van der Waals surface area (Å²) in [5.41, 5.74) is 4.54. The van der Waals surface area contributed by atoms with Gasteiger partial charge in [-0.15, -0.1) is 0 Å². The topological polar surface area (TPSA) is 86.5 Å². The number of anilines is 1. The molecule has 0 radical (unpaired) electrons. The molecule has 0 spiro atoms. The second-order valence-electron chi connectivity index (χ2n) is 8.44. The molecule has 4 rings (SSSR count). The highest BCUT2D eigenvalue weighted by atomic mass is 16.5. The highest BCUT2D eigenvalue weighted by molar-refractivity contribution is 5.92. The third-order valence-corrected chi connectivity index (χ3v) is 6.21. The molecule has 0 saturated carbocycles. The molecule has 164 valence electrons. The molecule has 0 atom stereocenters. The Kier molecular flexibility index (Phi) is 6.48. The molecule has 3 heterocycles. The molecule has 2 N–H and O–H groups in total. The van der Waals surface area contributed by atoms with E-state index in [2.05, 4.69) is 68.9 Å². The lowest BCUT2D eigenvalue weighted by Gasteiger charge is -2.34. The minimum atomic E-state index is -0.600. The highest BCUT2D eigenvalue weighted by Gasteiger charge is 2.22. The fourth-order valence-corrected chi connectivity index (χ4v) is 4.45. The molecule has 1 fully saturated rings. The Morgan fingerprint density at radius 3 is 2.65 bits per heavy atom. The Bertz CT molecular complexity index is 1020. The summed E-state index contributed by atoms with van der Waals surface area (Å²) in [4.78, 5) is 24.6. The number of piperidine rings is 1. The summed E-state index contributed by atoms with van der Waals surface area (Å²) in [6, 6.07) is 8.60. The smallest absolute Gasteiger partial charge is 0.277 e. The molecular weight excluding hydrogens is 392 g/mol. The van der Waals surface area contributed by atoms with Crippen LogP contribution in [0.15, 0.2) is 42.9 Å². The number of carbonyl (C=O) groups excluding carboxylic acids is 1. The number of hydrogen-bond donors (Lipinski definition) is 2. The Morgan fingerprint density at radius 2 is 1.94 bits per heavy atom. The predicted octanol–water partition coefficient (Wildman–Crippen LogP) is 2.48. The first kappa shape index (κ1) is 21.3. The summed E-state index contributed by atoms with van der Waals surface area (Å²) in [7, 11) is 4.33. The molecule has 2 aromatic heterocycles. The number of fused-ring (bicyclic) bond motifs is 1. The molecule has 1 aromatic carbocycles. The number of hydroxylamine groups is 1. The van der Waals surface area contributed by atoms with E-state index in [1.165, 1.54) is 28.9 Å². The third kappa shape index (κ3) is 4.86. The first-order chi connectivity index (χ1) is 15.0. The van der Waals surface area contributed by atoms with E-state index in [0.29, 0.717) is 11.9 Å². The number of aromatic nitrogens is 3. The van der Waals surface area contributed by atoms with Gasteiger partial charge in [-0.2, -0.15) is 0 Å². The fraction of sp³-hybridized carbons (Fsp3) is 0.435. The van der Waals surface area contributed by atoms with Crippen LogP contribution in [0.3, 0.4) is 0 Å². The number of nitrogens with one attached hydrogen (secondary N) is 1. The molecular formula is C23H30N6O2. The SMILES string of the molecule is CN(CCc1cn(C)c2ccccc12)CC1CCN(c2ncc(C(=O)NO)cn2)CC1. The molecule has 0 aliphatic carbocycles. The molecule has 1 amide bonds. The van der Waals surface area contributed by atoms with Gasteiger partial charge in [0.15, 0.2) is 0 Å². The van der Waals surface area contributed by atoms with Crippen molar-refractivity contribution in [3.8, 4) is 0 Å². The standard InChI is InChI=1S/C23H30N6O2/c1-27(10-9-18-16-28(2)21-6-4-3-5-20(18)21)15-17-7-11-29(12-8-17)23-24-13-19(14-25-23)22(30)26-31/h3-6,13-14,16-17,31H,7-12,15H2,1-2H3,(H,26,30). The summed E-state index contributed by atoms with van der Waals surface area (Å²) in [5, 5.41) is 10.0. The summed E-state index contributed by atoms with van der Waals surface area (Å²) in [6.07, 6.45) is 8.40. The van der Waals surface area contributed by atoms with Gasteiger partial charge in [0.05, 0.1) is 5.56 Å². The lowest BCUT2D eigenvalue weighted by Crippen LogP contribution is -2.39. The lowest BCUT2D eigenvalue weighted by molar-refractivity contribution is 0.0705. The van der Waals surface area contributed by atoms with Gasteiger partial charge in [0.25, 0.3) is 5.91 Å². The zero-order valence-corrected chi connectivity index (χ0v) is 18.2. The number of hydrogen-bond acceptors (Lipinski definition) is 6. The maximum absolute atomic E-state index is 11.4. The Balaban J connectivity index is 1.25. The molecule has 8 heteroatoms. The number of para-hydroxylation sites is 1. The van der Waals surface area contributed by atoms with Gasteiger partial charge in [-0.05, 0) is 43.9 Å². The number of carbonyl (C=O) groups is 1. The fourth-order valence-electron chi connectivity index (χ4n) is 4.45. The second kappa shape index (κ2) is 9.45. The van der Waals surface area contributed by atoms with Crippen LogP contribution in [-0.2, 0) is 13.5 Å². The van der Waals surface area contributed by atoms with Crippen LogP contribution in [0.5, 0.6) is 0 Å². The van der Waals surface area contributed by atoms with Crippen molar-refractivity contribution in [1.29, 1.82) is 0 Å². The molecule has 0 unspecified atom stereocenters. The van der Waals surface area contributed by atoms with Crippen LogP contribution >= 0.6 is 0 Å². The predicted molar refractivity (Wildman–Crippen MR) is 120 cm³/mol. The van der Waals surface area contributed by atoms with Crippen LogP contribution in [0.4, 0.5) is 5.95 Å². The van der Waals surface area contributed by atoms with Crippen molar-refractivity contribution in [2.75, 3.05) is 38.1 Å². The van der Waals surface area contributed by atoms with Gasteiger partial charge in [0, 0.05) is 62.7 Å². The molecule has 1 aliphatic heterocycles. The van der Waals surface area contributed by atoms with Crippen LogP contribution in [0, 0.1) is 5.92 Å². The van der Waals surface area contributed by atoms with Gasteiger partial charge < -0.3 is 14.4 Å². The van der Waals surface area contributed by atoms with Gasteiger partial charge in [-0.3, -0.25) is 10.0 Å².